The Bertz CT molecular complexity index is 470. The van der Waals surface area contributed by atoms with Crippen molar-refractivity contribution in [2.45, 2.75) is 12.1 Å². The molecular weight excluding hydrogens is 261 g/mol. The number of rotatable bonds is 4. The predicted octanol–water partition coefficient (Wildman–Crippen LogP) is 0.878. The number of alkyl halides is 3. The average molecular weight is 270 g/mol. The molecule has 0 fully saturated rings. The summed E-state index contributed by atoms with van der Waals surface area (Å²) in [5, 5.41) is 0. The molecule has 96 valence electrons. The smallest absolute Gasteiger partial charge is 0.406 e. The number of hydrogen-bond acceptors (Lipinski definition) is 4. The van der Waals surface area contributed by atoms with Crippen LogP contribution in [0.3, 0.4) is 0 Å². The molecule has 5 nitrogen and oxygen atoms in total. The fourth-order valence-electron chi connectivity index (χ4n) is 1.05. The highest BCUT2D eigenvalue weighted by Gasteiger charge is 2.30. The molecule has 0 bridgehead atoms. The molecule has 1 rings (SSSR count). The Kier molecular flexibility index (Phi) is 3.96. The minimum absolute atomic E-state index is 0.289. The van der Waals surface area contributed by atoms with Crippen molar-refractivity contribution in [2.24, 2.45) is 5.84 Å². The van der Waals surface area contributed by atoms with E-state index in [1.54, 1.807) is 4.83 Å². The number of benzene rings is 1. The zero-order chi connectivity index (χ0) is 13.1. The summed E-state index contributed by atoms with van der Waals surface area (Å²) in [5.74, 6) is 3.92. The molecule has 0 aliphatic rings. The van der Waals surface area contributed by atoms with Gasteiger partial charge in [0, 0.05) is 0 Å². The molecule has 1 aromatic carbocycles. The molecule has 0 amide bonds. The molecule has 0 aliphatic heterocycles. The van der Waals surface area contributed by atoms with Crippen molar-refractivity contribution >= 4 is 10.0 Å². The van der Waals surface area contributed by atoms with E-state index in [2.05, 4.69) is 4.74 Å². The highest BCUT2D eigenvalue weighted by atomic mass is 32.2. The number of sulfonamides is 1. The molecule has 0 saturated carbocycles. The quantitative estimate of drug-likeness (QED) is 0.628. The number of nitrogens with one attached hydrogen (secondary N) is 1. The Morgan fingerprint density at radius 2 is 1.76 bits per heavy atom. The first-order chi connectivity index (χ1) is 7.72. The van der Waals surface area contributed by atoms with Crippen LogP contribution in [0.5, 0.6) is 5.75 Å². The van der Waals surface area contributed by atoms with Crippen molar-refractivity contribution in [1.82, 2.24) is 4.83 Å². The van der Waals surface area contributed by atoms with Gasteiger partial charge in [0.2, 0.25) is 10.0 Å². The van der Waals surface area contributed by atoms with Crippen molar-refractivity contribution in [1.29, 1.82) is 0 Å². The lowest BCUT2D eigenvalue weighted by Crippen LogP contribution is -2.31. The van der Waals surface area contributed by atoms with Gasteiger partial charge in [-0.05, 0) is 17.7 Å². The molecule has 9 heteroatoms. The highest BCUT2D eigenvalue weighted by Crippen LogP contribution is 2.22. The molecule has 0 aromatic heterocycles. The normalized spacial score (nSPS) is 12.5. The molecule has 0 spiro atoms. The third-order valence-corrected chi connectivity index (χ3v) is 2.77. The largest absolute Gasteiger partial charge is 0.573 e. The first kappa shape index (κ1) is 13.7. The fourth-order valence-corrected chi connectivity index (χ4v) is 1.76. The summed E-state index contributed by atoms with van der Waals surface area (Å²) in [4.78, 5) is 1.60. The Morgan fingerprint density at radius 3 is 2.18 bits per heavy atom. The van der Waals surface area contributed by atoms with Gasteiger partial charge in [0.05, 0.1) is 5.75 Å². The molecule has 17 heavy (non-hydrogen) atoms. The van der Waals surface area contributed by atoms with Gasteiger partial charge in [-0.1, -0.05) is 12.1 Å². The molecule has 0 heterocycles. The molecule has 0 saturated heterocycles. The molecule has 0 unspecified atom stereocenters. The van der Waals surface area contributed by atoms with Gasteiger partial charge in [-0.15, -0.1) is 13.2 Å². The lowest BCUT2D eigenvalue weighted by molar-refractivity contribution is -0.274. The number of ether oxygens (including phenoxy) is 1. The van der Waals surface area contributed by atoms with E-state index < -0.39 is 27.9 Å². The molecule has 3 N–H and O–H groups in total. The lowest BCUT2D eigenvalue weighted by Gasteiger charge is -2.09. The second-order valence-electron chi connectivity index (χ2n) is 3.07. The number of hydrogen-bond donors (Lipinski definition) is 2. The molecule has 0 aliphatic carbocycles. The summed E-state index contributed by atoms with van der Waals surface area (Å²) < 4.78 is 61.2. The van der Waals surface area contributed by atoms with Gasteiger partial charge in [0.25, 0.3) is 0 Å². The van der Waals surface area contributed by atoms with Crippen LogP contribution in [-0.2, 0) is 15.8 Å². The second-order valence-corrected chi connectivity index (χ2v) is 4.82. The monoisotopic (exact) mass is 270 g/mol. The molecule has 0 radical (unpaired) electrons. The van der Waals surface area contributed by atoms with E-state index in [0.717, 1.165) is 12.1 Å². The van der Waals surface area contributed by atoms with E-state index in [0.29, 0.717) is 0 Å². The van der Waals surface area contributed by atoms with E-state index in [1.165, 1.54) is 12.1 Å². The van der Waals surface area contributed by atoms with Crippen LogP contribution in [0.25, 0.3) is 0 Å². The van der Waals surface area contributed by atoms with Crippen molar-refractivity contribution in [3.05, 3.63) is 29.8 Å². The fraction of sp³-hybridized carbons (Fsp3) is 0.250. The number of hydrazine groups is 1. The third-order valence-electron chi connectivity index (χ3n) is 1.69. The van der Waals surface area contributed by atoms with Crippen LogP contribution < -0.4 is 15.4 Å². The first-order valence-corrected chi connectivity index (χ1v) is 5.92. The lowest BCUT2D eigenvalue weighted by atomic mass is 10.2. The summed E-state index contributed by atoms with van der Waals surface area (Å²) >= 11 is 0. The van der Waals surface area contributed by atoms with E-state index >= 15 is 0 Å². The van der Waals surface area contributed by atoms with E-state index in [1.807, 2.05) is 0 Å². The summed E-state index contributed by atoms with van der Waals surface area (Å²) in [6, 6.07) is 4.45. The second kappa shape index (κ2) is 4.90. The van der Waals surface area contributed by atoms with Gasteiger partial charge in [-0.2, -0.15) is 4.83 Å². The Hall–Kier alpha value is -1.32. The van der Waals surface area contributed by atoms with Crippen LogP contribution in [-0.4, -0.2) is 14.8 Å². The molecule has 0 atom stereocenters. The zero-order valence-electron chi connectivity index (χ0n) is 8.36. The van der Waals surface area contributed by atoms with Crippen LogP contribution in [0.15, 0.2) is 24.3 Å². The minimum Gasteiger partial charge on any atom is -0.406 e. The SMILES string of the molecule is NNS(=O)(=O)Cc1ccc(OC(F)(F)F)cc1. The maximum atomic E-state index is 11.8. The Labute approximate surface area is 95.4 Å². The summed E-state index contributed by atoms with van der Waals surface area (Å²) in [6.45, 7) is 0. The Morgan fingerprint density at radius 1 is 1.24 bits per heavy atom. The van der Waals surface area contributed by atoms with Gasteiger partial charge in [-0.25, -0.2) is 8.42 Å². The Balaban J connectivity index is 2.76. The summed E-state index contributed by atoms with van der Waals surface area (Å²) in [7, 11) is -3.66. The molecule has 1 aromatic rings. The van der Waals surface area contributed by atoms with Crippen LogP contribution in [0.2, 0.25) is 0 Å². The van der Waals surface area contributed by atoms with Gasteiger partial charge < -0.3 is 4.74 Å². The highest BCUT2D eigenvalue weighted by molar-refractivity contribution is 7.88. The maximum absolute atomic E-state index is 11.8. The predicted molar refractivity (Wildman–Crippen MR) is 53.1 cm³/mol. The topological polar surface area (TPSA) is 81.4 Å². The maximum Gasteiger partial charge on any atom is 0.573 e. The van der Waals surface area contributed by atoms with Gasteiger partial charge >= 0.3 is 6.36 Å². The van der Waals surface area contributed by atoms with Crippen LogP contribution >= 0.6 is 0 Å². The number of nitrogens with two attached hydrogens (primary N) is 1. The van der Waals surface area contributed by atoms with Crippen molar-refractivity contribution in [3.8, 4) is 5.75 Å². The van der Waals surface area contributed by atoms with Gasteiger partial charge in [0.1, 0.15) is 5.75 Å². The average Bonchev–Trinajstić information content (AvgIpc) is 2.19. The van der Waals surface area contributed by atoms with Crippen molar-refractivity contribution in [3.63, 3.8) is 0 Å². The van der Waals surface area contributed by atoms with E-state index in [4.69, 9.17) is 5.84 Å². The van der Waals surface area contributed by atoms with E-state index in [-0.39, 0.29) is 5.56 Å². The van der Waals surface area contributed by atoms with Crippen molar-refractivity contribution in [2.75, 3.05) is 0 Å². The first-order valence-electron chi connectivity index (χ1n) is 4.26. The minimum atomic E-state index is -4.77. The third kappa shape index (κ3) is 5.02. The van der Waals surface area contributed by atoms with E-state index in [9.17, 15) is 21.6 Å². The summed E-state index contributed by atoms with van der Waals surface area (Å²) in [6.07, 6.45) is -4.77. The van der Waals surface area contributed by atoms with Crippen LogP contribution in [0.4, 0.5) is 13.2 Å². The number of halogens is 3. The van der Waals surface area contributed by atoms with Crippen molar-refractivity contribution < 1.29 is 26.3 Å². The summed E-state index contributed by atoms with van der Waals surface area (Å²) in [5.41, 5.74) is 0.289. The zero-order valence-corrected chi connectivity index (χ0v) is 9.18. The standard InChI is InChI=1S/C8H9F3N2O3S/c9-8(10,11)16-7-3-1-6(2-4-7)5-17(14,15)13-12/h1-4,13H,5,12H2. The van der Waals surface area contributed by atoms with Crippen LogP contribution in [0.1, 0.15) is 5.56 Å². The van der Waals surface area contributed by atoms with Gasteiger partial charge in [-0.3, -0.25) is 5.84 Å². The molecular formula is C8H9F3N2O3S. The van der Waals surface area contributed by atoms with Gasteiger partial charge in [0.15, 0.2) is 0 Å². The van der Waals surface area contributed by atoms with Crippen LogP contribution in [0, 0.1) is 0 Å².